The van der Waals surface area contributed by atoms with Crippen molar-refractivity contribution >= 4 is 20.2 Å². The average molecular weight is 658 g/mol. The smallest absolute Gasteiger partial charge is 0.449 e. The number of hydrogen-bond acceptors (Lipinski definition) is 7. The van der Waals surface area contributed by atoms with Crippen LogP contribution >= 0.6 is 8.17 Å². The van der Waals surface area contributed by atoms with E-state index in [1.54, 1.807) is 0 Å². The fourth-order valence-electron chi connectivity index (χ4n) is 5.85. The Hall–Kier alpha value is -2.81. The van der Waals surface area contributed by atoms with E-state index in [2.05, 4.69) is 41.8 Å². The molecule has 0 radical (unpaired) electrons. The van der Waals surface area contributed by atoms with Crippen molar-refractivity contribution in [3.8, 4) is 11.1 Å². The van der Waals surface area contributed by atoms with Gasteiger partial charge in [0.1, 0.15) is 13.2 Å². The molecule has 46 heavy (non-hydrogen) atoms. The molecule has 2 aromatic carbocycles. The summed E-state index contributed by atoms with van der Waals surface area (Å²) in [5.74, 6) is -0.328. The van der Waals surface area contributed by atoms with Gasteiger partial charge in [-0.25, -0.2) is 4.79 Å². The van der Waals surface area contributed by atoms with Gasteiger partial charge in [-0.1, -0.05) is 119 Å². The Bertz CT molecular complexity index is 1170. The third-order valence-corrected chi connectivity index (χ3v) is 8.81. The SMILES string of the molecule is CCCCCCCC/C=C\CCCCCCCC(=O)N[C@H](CNC(=O)OCC1c2ccccc2-c2ccccc21)CO[P+](O)(O)O. The van der Waals surface area contributed by atoms with E-state index in [-0.39, 0.29) is 31.6 Å². The minimum absolute atomic E-state index is 0.0746. The summed E-state index contributed by atoms with van der Waals surface area (Å²) < 4.78 is 10.3. The van der Waals surface area contributed by atoms with E-state index in [1.165, 1.54) is 44.9 Å². The Morgan fingerprint density at radius 1 is 0.804 bits per heavy atom. The second-order valence-corrected chi connectivity index (χ2v) is 13.4. The Morgan fingerprint density at radius 2 is 1.35 bits per heavy atom. The van der Waals surface area contributed by atoms with Crippen LogP contribution in [0.5, 0.6) is 0 Å². The number of rotatable bonds is 23. The van der Waals surface area contributed by atoms with Crippen molar-refractivity contribution in [2.45, 2.75) is 109 Å². The highest BCUT2D eigenvalue weighted by Gasteiger charge is 2.35. The number of fused-ring (bicyclic) bond motifs is 3. The number of unbranched alkanes of at least 4 members (excludes halogenated alkanes) is 11. The first-order valence-electron chi connectivity index (χ1n) is 17.0. The Morgan fingerprint density at radius 3 is 1.93 bits per heavy atom. The minimum atomic E-state index is -4.50. The summed E-state index contributed by atoms with van der Waals surface area (Å²) in [5, 5.41) is 5.38. The van der Waals surface area contributed by atoms with Crippen LogP contribution in [0, 0.1) is 0 Å². The van der Waals surface area contributed by atoms with Crippen LogP contribution in [-0.4, -0.2) is 52.5 Å². The molecular weight excluding hydrogens is 603 g/mol. The van der Waals surface area contributed by atoms with Crippen molar-refractivity contribution in [1.82, 2.24) is 10.6 Å². The van der Waals surface area contributed by atoms with Crippen LogP contribution in [0.4, 0.5) is 4.79 Å². The zero-order valence-corrected chi connectivity index (χ0v) is 28.3. The molecule has 3 rings (SSSR count). The van der Waals surface area contributed by atoms with Gasteiger partial charge in [0.15, 0.2) is 0 Å². The molecule has 2 amide bonds. The second-order valence-electron chi connectivity index (χ2n) is 12.1. The number of hydrogen-bond donors (Lipinski definition) is 5. The third-order valence-electron chi connectivity index (χ3n) is 8.32. The zero-order valence-electron chi connectivity index (χ0n) is 27.4. The highest BCUT2D eigenvalue weighted by Crippen LogP contribution is 2.46. The van der Waals surface area contributed by atoms with Crippen LogP contribution in [-0.2, 0) is 14.1 Å². The lowest BCUT2D eigenvalue weighted by Crippen LogP contribution is -2.46. The Balaban J connectivity index is 1.31. The van der Waals surface area contributed by atoms with Gasteiger partial charge in [0.2, 0.25) is 5.91 Å². The molecule has 254 valence electrons. The topological polar surface area (TPSA) is 137 Å². The largest absolute Gasteiger partial charge is 0.567 e. The monoisotopic (exact) mass is 657 g/mol. The van der Waals surface area contributed by atoms with Crippen molar-refractivity contribution in [2.24, 2.45) is 0 Å². The molecule has 0 fully saturated rings. The number of alkyl carbamates (subject to hydrolysis) is 1. The minimum Gasteiger partial charge on any atom is -0.449 e. The number of nitrogens with one attached hydrogen (secondary N) is 2. The summed E-state index contributed by atoms with van der Waals surface area (Å²) >= 11 is 0. The normalized spacial score (nSPS) is 13.4. The van der Waals surface area contributed by atoms with Crippen LogP contribution in [0.3, 0.4) is 0 Å². The maximum atomic E-state index is 12.6. The fourth-order valence-corrected chi connectivity index (χ4v) is 6.23. The molecule has 1 atom stereocenters. The van der Waals surface area contributed by atoms with E-state index >= 15 is 0 Å². The highest BCUT2D eigenvalue weighted by atomic mass is 31.2. The van der Waals surface area contributed by atoms with Gasteiger partial charge in [-0.05, 0) is 54.4 Å². The summed E-state index contributed by atoms with van der Waals surface area (Å²) in [6.07, 6.45) is 19.4. The molecule has 0 heterocycles. The van der Waals surface area contributed by atoms with Gasteiger partial charge < -0.3 is 15.4 Å². The van der Waals surface area contributed by atoms with Crippen LogP contribution in [0.25, 0.3) is 11.1 Å². The maximum Gasteiger partial charge on any atom is 0.567 e. The first-order valence-corrected chi connectivity index (χ1v) is 18.6. The molecule has 1 aliphatic carbocycles. The van der Waals surface area contributed by atoms with E-state index in [4.69, 9.17) is 9.26 Å². The molecule has 0 saturated carbocycles. The van der Waals surface area contributed by atoms with Crippen molar-refractivity contribution in [3.63, 3.8) is 0 Å². The first-order chi connectivity index (χ1) is 22.3. The molecule has 10 heteroatoms. The molecule has 0 unspecified atom stereocenters. The van der Waals surface area contributed by atoms with Gasteiger partial charge in [0, 0.05) is 18.9 Å². The molecule has 0 aromatic heterocycles. The van der Waals surface area contributed by atoms with E-state index in [9.17, 15) is 24.3 Å². The average Bonchev–Trinajstić information content (AvgIpc) is 3.36. The van der Waals surface area contributed by atoms with Gasteiger partial charge in [0.05, 0.1) is 6.04 Å². The van der Waals surface area contributed by atoms with Crippen LogP contribution < -0.4 is 10.6 Å². The van der Waals surface area contributed by atoms with Crippen LogP contribution in [0.1, 0.15) is 114 Å². The van der Waals surface area contributed by atoms with Gasteiger partial charge >= 0.3 is 14.3 Å². The Kier molecular flexibility index (Phi) is 17.3. The summed E-state index contributed by atoms with van der Waals surface area (Å²) in [6.45, 7) is 1.92. The predicted octanol–water partition coefficient (Wildman–Crippen LogP) is 7.72. The Labute approximate surface area is 275 Å². The van der Waals surface area contributed by atoms with E-state index in [0.29, 0.717) is 6.42 Å². The number of amides is 2. The molecule has 0 saturated heterocycles. The zero-order chi connectivity index (χ0) is 33.0. The van der Waals surface area contributed by atoms with E-state index in [0.717, 1.165) is 60.8 Å². The lowest BCUT2D eigenvalue weighted by atomic mass is 9.98. The number of allylic oxidation sites excluding steroid dienone is 2. The van der Waals surface area contributed by atoms with Crippen molar-refractivity contribution in [2.75, 3.05) is 19.8 Å². The van der Waals surface area contributed by atoms with Gasteiger partial charge in [-0.15, -0.1) is 0 Å². The van der Waals surface area contributed by atoms with Crippen molar-refractivity contribution < 1.29 is 33.5 Å². The van der Waals surface area contributed by atoms with Gasteiger partial charge in [-0.3, -0.25) is 4.79 Å². The quantitative estimate of drug-likeness (QED) is 0.0469. The summed E-state index contributed by atoms with van der Waals surface area (Å²) in [5.41, 5.74) is 4.45. The van der Waals surface area contributed by atoms with Gasteiger partial charge in [-0.2, -0.15) is 19.2 Å². The van der Waals surface area contributed by atoms with E-state index < -0.39 is 20.3 Å². The number of ether oxygens (including phenoxy) is 1. The van der Waals surface area contributed by atoms with Crippen LogP contribution in [0.2, 0.25) is 0 Å². The lowest BCUT2D eigenvalue weighted by molar-refractivity contribution is -0.122. The molecular formula is C36H54N2O7P+. The standard InChI is InChI=1S/C36H53N2O7P/c1-2-3-4-5-6-7-8-9-10-11-12-13-14-15-16-25-35(39)38-29(27-45-46(41,42)43)26-37-36(40)44-28-34-32-23-19-17-21-30(32)31-22-18-20-24-33(31)34/h9-10,17-24,29,34,41-43H,2-8,11-16,25-28H2,1H3,(H-,37,38,39,40)/p+1/b10-9-/t29-/m1/s1. The highest BCUT2D eigenvalue weighted by molar-refractivity contribution is 7.53. The number of carbonyl (C=O) groups is 2. The molecule has 2 aromatic rings. The first kappa shape index (κ1) is 37.6. The molecule has 0 bridgehead atoms. The van der Waals surface area contributed by atoms with E-state index in [1.807, 2.05) is 36.4 Å². The fraction of sp³-hybridized carbons (Fsp3) is 0.556. The number of carbonyl (C=O) groups excluding carboxylic acids is 2. The second kappa shape index (κ2) is 21.1. The molecule has 0 aliphatic heterocycles. The lowest BCUT2D eigenvalue weighted by Gasteiger charge is -2.19. The van der Waals surface area contributed by atoms with Crippen molar-refractivity contribution in [1.29, 1.82) is 0 Å². The summed E-state index contributed by atoms with van der Waals surface area (Å²) in [4.78, 5) is 53.0. The summed E-state index contributed by atoms with van der Waals surface area (Å²) in [6, 6.07) is 15.3. The van der Waals surface area contributed by atoms with Gasteiger partial charge in [0.25, 0.3) is 0 Å². The summed E-state index contributed by atoms with van der Waals surface area (Å²) in [7, 11) is -4.50. The third kappa shape index (κ3) is 14.3. The molecule has 9 nitrogen and oxygen atoms in total. The predicted molar refractivity (Wildman–Crippen MR) is 184 cm³/mol. The van der Waals surface area contributed by atoms with Crippen molar-refractivity contribution in [3.05, 3.63) is 71.8 Å². The number of benzene rings is 2. The molecule has 0 spiro atoms. The maximum absolute atomic E-state index is 12.6. The van der Waals surface area contributed by atoms with Crippen LogP contribution in [0.15, 0.2) is 60.7 Å². The molecule has 5 N–H and O–H groups in total. The molecule has 1 aliphatic rings.